The lowest BCUT2D eigenvalue weighted by atomic mass is 9.97. The molecule has 3 unspecified atom stereocenters. The summed E-state index contributed by atoms with van der Waals surface area (Å²) in [6.45, 7) is 5.28. The van der Waals surface area contributed by atoms with Gasteiger partial charge in [0.15, 0.2) is 0 Å². The summed E-state index contributed by atoms with van der Waals surface area (Å²) < 4.78 is 0. The van der Waals surface area contributed by atoms with E-state index in [1.807, 2.05) is 0 Å². The van der Waals surface area contributed by atoms with Crippen LogP contribution < -0.4 is 11.1 Å². The molecule has 3 atom stereocenters. The first-order valence-corrected chi connectivity index (χ1v) is 7.82. The first-order valence-electron chi connectivity index (χ1n) is 7.82. The molecular weight excluding hydrogens is 248 g/mol. The number of nitrogens with one attached hydrogen (secondary N) is 1. The second kappa shape index (κ2) is 7.21. The molecule has 1 aliphatic carbocycles. The molecule has 3 heteroatoms. The molecule has 1 aliphatic rings. The third-order valence-electron chi connectivity index (χ3n) is 4.55. The molecule has 1 aromatic carbocycles. The van der Waals surface area contributed by atoms with Crippen LogP contribution in [0.4, 0.5) is 0 Å². The highest BCUT2D eigenvalue weighted by molar-refractivity contribution is 5.27. The quantitative estimate of drug-likeness (QED) is 0.748. The SMILES string of the molecule is CC(C)c1ccc(C(CN)NC2CCCC2CO)cc1. The average molecular weight is 276 g/mol. The smallest absolute Gasteiger partial charge is 0.0474 e. The maximum absolute atomic E-state index is 9.42. The van der Waals surface area contributed by atoms with E-state index < -0.39 is 0 Å². The van der Waals surface area contributed by atoms with Crippen LogP contribution in [0.5, 0.6) is 0 Å². The number of hydrogen-bond donors (Lipinski definition) is 3. The van der Waals surface area contributed by atoms with Gasteiger partial charge in [-0.2, -0.15) is 0 Å². The van der Waals surface area contributed by atoms with Crippen LogP contribution in [0.15, 0.2) is 24.3 Å². The van der Waals surface area contributed by atoms with Crippen molar-refractivity contribution in [2.45, 2.75) is 51.1 Å². The van der Waals surface area contributed by atoms with Crippen LogP contribution in [0.2, 0.25) is 0 Å². The minimum Gasteiger partial charge on any atom is -0.396 e. The third kappa shape index (κ3) is 3.60. The number of nitrogens with two attached hydrogens (primary N) is 1. The number of aliphatic hydroxyl groups is 1. The monoisotopic (exact) mass is 276 g/mol. The fourth-order valence-corrected chi connectivity index (χ4v) is 3.15. The average Bonchev–Trinajstić information content (AvgIpc) is 2.92. The van der Waals surface area contributed by atoms with Gasteiger partial charge in [0, 0.05) is 25.2 Å². The van der Waals surface area contributed by atoms with Crippen LogP contribution in [-0.4, -0.2) is 24.3 Å². The highest BCUT2D eigenvalue weighted by Crippen LogP contribution is 2.27. The minimum atomic E-state index is 0.188. The molecule has 1 saturated carbocycles. The zero-order valence-corrected chi connectivity index (χ0v) is 12.7. The van der Waals surface area contributed by atoms with E-state index in [-0.39, 0.29) is 12.6 Å². The van der Waals surface area contributed by atoms with Gasteiger partial charge in [0.2, 0.25) is 0 Å². The summed E-state index contributed by atoms with van der Waals surface area (Å²) in [6.07, 6.45) is 3.47. The molecule has 3 nitrogen and oxygen atoms in total. The lowest BCUT2D eigenvalue weighted by Crippen LogP contribution is -2.39. The molecule has 0 radical (unpaired) electrons. The molecule has 0 saturated heterocycles. The Morgan fingerprint density at radius 2 is 1.85 bits per heavy atom. The summed E-state index contributed by atoms with van der Waals surface area (Å²) in [6, 6.07) is 9.35. The minimum absolute atomic E-state index is 0.188. The standard InChI is InChI=1S/C17H28N2O/c1-12(2)13-6-8-14(9-7-13)17(10-18)19-16-5-3-4-15(16)11-20/h6-9,12,15-17,19-20H,3-5,10-11,18H2,1-2H3. The van der Waals surface area contributed by atoms with Crippen molar-refractivity contribution in [1.82, 2.24) is 5.32 Å². The Hall–Kier alpha value is -0.900. The Bertz CT molecular complexity index is 402. The van der Waals surface area contributed by atoms with Crippen LogP contribution in [0.1, 0.15) is 56.2 Å². The molecule has 0 heterocycles. The van der Waals surface area contributed by atoms with Crippen LogP contribution >= 0.6 is 0 Å². The second-order valence-electron chi connectivity index (χ2n) is 6.26. The van der Waals surface area contributed by atoms with Crippen LogP contribution in [0, 0.1) is 5.92 Å². The Labute approximate surface area is 122 Å². The van der Waals surface area contributed by atoms with Crippen molar-refractivity contribution >= 4 is 0 Å². The molecule has 2 rings (SSSR count). The van der Waals surface area contributed by atoms with E-state index in [9.17, 15) is 5.11 Å². The molecule has 0 spiro atoms. The van der Waals surface area contributed by atoms with Gasteiger partial charge in [0.1, 0.15) is 0 Å². The Morgan fingerprint density at radius 3 is 2.40 bits per heavy atom. The van der Waals surface area contributed by atoms with E-state index in [0.717, 1.165) is 12.8 Å². The molecule has 1 aromatic rings. The Morgan fingerprint density at radius 1 is 1.20 bits per heavy atom. The van der Waals surface area contributed by atoms with Crippen molar-refractivity contribution in [3.8, 4) is 0 Å². The Kier molecular flexibility index (Phi) is 5.58. The van der Waals surface area contributed by atoms with Gasteiger partial charge in [-0.3, -0.25) is 0 Å². The van der Waals surface area contributed by atoms with E-state index in [4.69, 9.17) is 5.73 Å². The zero-order valence-electron chi connectivity index (χ0n) is 12.7. The molecule has 4 N–H and O–H groups in total. The summed E-state index contributed by atoms with van der Waals surface area (Å²) in [5, 5.41) is 13.1. The van der Waals surface area contributed by atoms with E-state index in [1.165, 1.54) is 17.5 Å². The highest BCUT2D eigenvalue weighted by atomic mass is 16.3. The zero-order chi connectivity index (χ0) is 14.5. The molecule has 0 bridgehead atoms. The largest absolute Gasteiger partial charge is 0.396 e. The lowest BCUT2D eigenvalue weighted by molar-refractivity contribution is 0.200. The number of benzene rings is 1. The molecule has 0 aliphatic heterocycles. The predicted octanol–water partition coefficient (Wildman–Crippen LogP) is 2.56. The van der Waals surface area contributed by atoms with Crippen molar-refractivity contribution < 1.29 is 5.11 Å². The topological polar surface area (TPSA) is 58.3 Å². The van der Waals surface area contributed by atoms with E-state index in [1.54, 1.807) is 0 Å². The Balaban J connectivity index is 2.04. The highest BCUT2D eigenvalue weighted by Gasteiger charge is 2.28. The normalized spacial score (nSPS) is 24.2. The molecule has 20 heavy (non-hydrogen) atoms. The molecule has 0 aromatic heterocycles. The van der Waals surface area contributed by atoms with E-state index >= 15 is 0 Å². The maximum Gasteiger partial charge on any atom is 0.0474 e. The predicted molar refractivity (Wildman–Crippen MR) is 83.7 cm³/mol. The van der Waals surface area contributed by atoms with E-state index in [0.29, 0.717) is 24.4 Å². The lowest BCUT2D eigenvalue weighted by Gasteiger charge is -2.26. The fraction of sp³-hybridized carbons (Fsp3) is 0.647. The van der Waals surface area contributed by atoms with Gasteiger partial charge in [-0.05, 0) is 35.8 Å². The number of aliphatic hydroxyl groups excluding tert-OH is 1. The summed E-state index contributed by atoms with van der Waals surface area (Å²) in [7, 11) is 0. The third-order valence-corrected chi connectivity index (χ3v) is 4.55. The fourth-order valence-electron chi connectivity index (χ4n) is 3.15. The first-order chi connectivity index (χ1) is 9.65. The first kappa shape index (κ1) is 15.5. The summed E-state index contributed by atoms with van der Waals surface area (Å²) >= 11 is 0. The van der Waals surface area contributed by atoms with Crippen molar-refractivity contribution in [1.29, 1.82) is 0 Å². The molecular formula is C17H28N2O. The summed E-state index contributed by atoms with van der Waals surface area (Å²) in [5.41, 5.74) is 8.55. The van der Waals surface area contributed by atoms with Gasteiger partial charge < -0.3 is 16.2 Å². The van der Waals surface area contributed by atoms with Crippen molar-refractivity contribution in [3.63, 3.8) is 0 Å². The van der Waals surface area contributed by atoms with Gasteiger partial charge in [-0.15, -0.1) is 0 Å². The van der Waals surface area contributed by atoms with Crippen LogP contribution in [-0.2, 0) is 0 Å². The summed E-state index contributed by atoms with van der Waals surface area (Å²) in [4.78, 5) is 0. The van der Waals surface area contributed by atoms with Gasteiger partial charge >= 0.3 is 0 Å². The van der Waals surface area contributed by atoms with Gasteiger partial charge in [-0.1, -0.05) is 44.5 Å². The maximum atomic E-state index is 9.42. The van der Waals surface area contributed by atoms with Crippen molar-refractivity contribution in [2.24, 2.45) is 11.7 Å². The summed E-state index contributed by atoms with van der Waals surface area (Å²) in [5.74, 6) is 0.945. The van der Waals surface area contributed by atoms with Gasteiger partial charge in [0.25, 0.3) is 0 Å². The number of hydrogen-bond acceptors (Lipinski definition) is 3. The molecule has 1 fully saturated rings. The van der Waals surface area contributed by atoms with Gasteiger partial charge in [-0.25, -0.2) is 0 Å². The second-order valence-corrected chi connectivity index (χ2v) is 6.26. The molecule has 112 valence electrons. The van der Waals surface area contributed by atoms with Gasteiger partial charge in [0.05, 0.1) is 0 Å². The van der Waals surface area contributed by atoms with Crippen LogP contribution in [0.25, 0.3) is 0 Å². The molecule has 0 amide bonds. The van der Waals surface area contributed by atoms with Crippen molar-refractivity contribution in [2.75, 3.05) is 13.2 Å². The van der Waals surface area contributed by atoms with Crippen LogP contribution in [0.3, 0.4) is 0 Å². The van der Waals surface area contributed by atoms with E-state index in [2.05, 4.69) is 43.4 Å². The number of rotatable bonds is 6. The van der Waals surface area contributed by atoms with Crippen molar-refractivity contribution in [3.05, 3.63) is 35.4 Å².